The number of hydrogen-bond acceptors (Lipinski definition) is 4. The summed E-state index contributed by atoms with van der Waals surface area (Å²) in [5, 5.41) is 3.54. The van der Waals surface area contributed by atoms with Gasteiger partial charge in [0.25, 0.3) is 0 Å². The zero-order valence-electron chi connectivity index (χ0n) is 14.0. The second kappa shape index (κ2) is 8.13. The van der Waals surface area contributed by atoms with Crippen LogP contribution in [0.1, 0.15) is 36.9 Å². The van der Waals surface area contributed by atoms with Crippen molar-refractivity contribution in [2.45, 2.75) is 45.8 Å². The summed E-state index contributed by atoms with van der Waals surface area (Å²) in [6.45, 7) is 11.0. The summed E-state index contributed by atoms with van der Waals surface area (Å²) in [5.41, 5.74) is 0.188. The van der Waals surface area contributed by atoms with E-state index in [-0.39, 0.29) is 5.54 Å². The van der Waals surface area contributed by atoms with E-state index in [4.69, 9.17) is 0 Å². The average Bonchev–Trinajstić information content (AvgIpc) is 2.72. The van der Waals surface area contributed by atoms with E-state index in [1.807, 2.05) is 11.3 Å². The topological polar surface area (TPSA) is 18.5 Å². The normalized spacial score (nSPS) is 12.6. The molecule has 0 atom stereocenters. The van der Waals surface area contributed by atoms with Gasteiger partial charge < -0.3 is 15.1 Å². The second-order valence-electron chi connectivity index (χ2n) is 6.87. The van der Waals surface area contributed by atoms with Crippen LogP contribution < -0.4 is 5.32 Å². The van der Waals surface area contributed by atoms with E-state index in [0.29, 0.717) is 0 Å². The van der Waals surface area contributed by atoms with E-state index in [0.717, 1.165) is 26.2 Å². The molecule has 0 saturated heterocycles. The van der Waals surface area contributed by atoms with E-state index >= 15 is 0 Å². The highest BCUT2D eigenvalue weighted by molar-refractivity contribution is 7.11. The molecule has 20 heavy (non-hydrogen) atoms. The summed E-state index contributed by atoms with van der Waals surface area (Å²) in [6, 6.07) is 4.53. The molecular weight excluding hydrogens is 266 g/mol. The molecule has 0 radical (unpaired) electrons. The van der Waals surface area contributed by atoms with Crippen molar-refractivity contribution in [1.29, 1.82) is 0 Å². The minimum Gasteiger partial charge on any atom is -0.309 e. The van der Waals surface area contributed by atoms with E-state index in [1.54, 1.807) is 0 Å². The summed E-state index contributed by atoms with van der Waals surface area (Å²) >= 11 is 1.93. The van der Waals surface area contributed by atoms with Crippen molar-refractivity contribution in [1.82, 2.24) is 15.1 Å². The van der Waals surface area contributed by atoms with Crippen molar-refractivity contribution in [2.75, 3.05) is 34.2 Å². The highest BCUT2D eigenvalue weighted by Crippen LogP contribution is 2.18. The standard InChI is InChI=1S/C16H31N3S/c1-16(2,3)17-12-14-8-9-15(20-14)13-19(6)11-7-10-18(4)5/h8-9,17H,7,10-13H2,1-6H3. The quantitative estimate of drug-likeness (QED) is 0.796. The first-order valence-corrected chi connectivity index (χ1v) is 8.24. The maximum atomic E-state index is 3.54. The zero-order chi connectivity index (χ0) is 15.2. The first-order valence-electron chi connectivity index (χ1n) is 7.42. The van der Waals surface area contributed by atoms with Crippen LogP contribution in [0.5, 0.6) is 0 Å². The van der Waals surface area contributed by atoms with Crippen molar-refractivity contribution in [2.24, 2.45) is 0 Å². The van der Waals surface area contributed by atoms with Crippen molar-refractivity contribution in [3.63, 3.8) is 0 Å². The fourth-order valence-corrected chi connectivity index (χ4v) is 2.99. The van der Waals surface area contributed by atoms with Gasteiger partial charge in [0.2, 0.25) is 0 Å². The molecule has 1 aromatic heterocycles. The third-order valence-corrected chi connectivity index (χ3v) is 4.15. The third kappa shape index (κ3) is 8.00. The lowest BCUT2D eigenvalue weighted by Crippen LogP contribution is -2.34. The van der Waals surface area contributed by atoms with Gasteiger partial charge in [-0.05, 0) is 73.6 Å². The van der Waals surface area contributed by atoms with Crippen LogP contribution in [-0.4, -0.2) is 49.6 Å². The molecule has 0 saturated carbocycles. The van der Waals surface area contributed by atoms with Crippen molar-refractivity contribution >= 4 is 11.3 Å². The Morgan fingerprint density at radius 2 is 1.70 bits per heavy atom. The third-order valence-electron chi connectivity index (χ3n) is 3.08. The molecule has 1 aromatic rings. The molecule has 116 valence electrons. The molecule has 3 nitrogen and oxygen atoms in total. The lowest BCUT2D eigenvalue weighted by atomic mass is 10.1. The highest BCUT2D eigenvalue weighted by atomic mass is 32.1. The Morgan fingerprint density at radius 3 is 2.30 bits per heavy atom. The Morgan fingerprint density at radius 1 is 1.05 bits per heavy atom. The molecule has 0 unspecified atom stereocenters. The van der Waals surface area contributed by atoms with E-state index in [9.17, 15) is 0 Å². The minimum atomic E-state index is 0.188. The van der Waals surface area contributed by atoms with Crippen LogP contribution in [0, 0.1) is 0 Å². The average molecular weight is 298 g/mol. The molecule has 0 aliphatic rings. The smallest absolute Gasteiger partial charge is 0.0324 e. The number of thiophene rings is 1. The SMILES string of the molecule is CN(C)CCCN(C)Cc1ccc(CNC(C)(C)C)s1. The van der Waals surface area contributed by atoms with Gasteiger partial charge in [-0.15, -0.1) is 11.3 Å². The molecule has 0 aliphatic carbocycles. The maximum Gasteiger partial charge on any atom is 0.0324 e. The first kappa shape index (κ1) is 17.6. The van der Waals surface area contributed by atoms with Crippen molar-refractivity contribution in [3.05, 3.63) is 21.9 Å². The maximum absolute atomic E-state index is 3.54. The van der Waals surface area contributed by atoms with Crippen molar-refractivity contribution in [3.8, 4) is 0 Å². The monoisotopic (exact) mass is 297 g/mol. The molecule has 0 bridgehead atoms. The molecule has 1 N–H and O–H groups in total. The summed E-state index contributed by atoms with van der Waals surface area (Å²) in [6.07, 6.45) is 1.23. The fourth-order valence-electron chi connectivity index (χ4n) is 1.96. The lowest BCUT2D eigenvalue weighted by molar-refractivity contribution is 0.296. The number of nitrogens with one attached hydrogen (secondary N) is 1. The molecule has 0 aromatic carbocycles. The lowest BCUT2D eigenvalue weighted by Gasteiger charge is -2.19. The van der Waals surface area contributed by atoms with Gasteiger partial charge in [0.15, 0.2) is 0 Å². The van der Waals surface area contributed by atoms with Gasteiger partial charge >= 0.3 is 0 Å². The Kier molecular flexibility index (Phi) is 7.17. The van der Waals surface area contributed by atoms with Crippen LogP contribution in [0.4, 0.5) is 0 Å². The van der Waals surface area contributed by atoms with Gasteiger partial charge in [-0.3, -0.25) is 0 Å². The largest absolute Gasteiger partial charge is 0.309 e. The Bertz CT molecular complexity index is 379. The minimum absolute atomic E-state index is 0.188. The number of hydrogen-bond donors (Lipinski definition) is 1. The molecule has 1 heterocycles. The summed E-state index contributed by atoms with van der Waals surface area (Å²) in [4.78, 5) is 7.55. The van der Waals surface area contributed by atoms with Crippen LogP contribution in [0.15, 0.2) is 12.1 Å². The number of nitrogens with zero attached hydrogens (tertiary/aromatic N) is 2. The molecule has 1 rings (SSSR count). The molecule has 0 amide bonds. The van der Waals surface area contributed by atoms with Gasteiger partial charge in [0.1, 0.15) is 0 Å². The summed E-state index contributed by atoms with van der Waals surface area (Å²) in [7, 11) is 6.48. The summed E-state index contributed by atoms with van der Waals surface area (Å²) < 4.78 is 0. The van der Waals surface area contributed by atoms with Crippen LogP contribution >= 0.6 is 11.3 Å². The second-order valence-corrected chi connectivity index (χ2v) is 8.12. The van der Waals surface area contributed by atoms with Crippen LogP contribution in [0.3, 0.4) is 0 Å². The predicted molar refractivity (Wildman–Crippen MR) is 90.4 cm³/mol. The Labute approximate surface area is 129 Å². The van der Waals surface area contributed by atoms with Crippen LogP contribution in [0.25, 0.3) is 0 Å². The van der Waals surface area contributed by atoms with Gasteiger partial charge in [-0.1, -0.05) is 0 Å². The molecule has 0 fully saturated rings. The zero-order valence-corrected chi connectivity index (χ0v) is 14.8. The predicted octanol–water partition coefficient (Wildman–Crippen LogP) is 3.02. The highest BCUT2D eigenvalue weighted by Gasteiger charge is 2.10. The van der Waals surface area contributed by atoms with E-state index in [2.05, 4.69) is 69.2 Å². The molecular formula is C16H31N3S. The Hall–Kier alpha value is -0.420. The van der Waals surface area contributed by atoms with Gasteiger partial charge in [-0.25, -0.2) is 0 Å². The molecule has 0 aliphatic heterocycles. The first-order chi connectivity index (χ1) is 9.26. The van der Waals surface area contributed by atoms with Crippen LogP contribution in [0.2, 0.25) is 0 Å². The van der Waals surface area contributed by atoms with E-state index in [1.165, 1.54) is 16.2 Å². The van der Waals surface area contributed by atoms with Gasteiger partial charge in [-0.2, -0.15) is 0 Å². The summed E-state index contributed by atoms with van der Waals surface area (Å²) in [5.74, 6) is 0. The fraction of sp³-hybridized carbons (Fsp3) is 0.750. The van der Waals surface area contributed by atoms with E-state index < -0.39 is 0 Å². The number of rotatable bonds is 8. The molecule has 0 spiro atoms. The van der Waals surface area contributed by atoms with Gasteiger partial charge in [0.05, 0.1) is 0 Å². The van der Waals surface area contributed by atoms with Crippen LogP contribution in [-0.2, 0) is 13.1 Å². The molecule has 4 heteroatoms. The van der Waals surface area contributed by atoms with Gasteiger partial charge in [0, 0.05) is 28.4 Å². The van der Waals surface area contributed by atoms with Crippen molar-refractivity contribution < 1.29 is 0 Å². The Balaban J connectivity index is 2.32.